The quantitative estimate of drug-likeness (QED) is 0.840. The standard InChI is InChI=1S/C7H5BrClF2NO/c8-6-5(9)4(7(10)11)1-3(2-13)12-6/h1,7,13H,2H2. The van der Waals surface area contributed by atoms with Crippen molar-refractivity contribution in [1.29, 1.82) is 0 Å². The first-order valence-electron chi connectivity index (χ1n) is 3.30. The molecule has 1 heterocycles. The maximum Gasteiger partial charge on any atom is 0.265 e. The van der Waals surface area contributed by atoms with Crippen molar-refractivity contribution in [3.05, 3.63) is 26.9 Å². The SMILES string of the molecule is OCc1cc(C(F)F)c(Cl)c(Br)n1. The zero-order valence-corrected chi connectivity index (χ0v) is 8.61. The van der Waals surface area contributed by atoms with Crippen LogP contribution in [0, 0.1) is 0 Å². The molecule has 0 radical (unpaired) electrons. The Kier molecular flexibility index (Phi) is 3.58. The van der Waals surface area contributed by atoms with Crippen LogP contribution in [-0.4, -0.2) is 10.1 Å². The molecule has 0 unspecified atom stereocenters. The van der Waals surface area contributed by atoms with Gasteiger partial charge in [-0.3, -0.25) is 0 Å². The maximum absolute atomic E-state index is 12.3. The highest BCUT2D eigenvalue weighted by atomic mass is 79.9. The van der Waals surface area contributed by atoms with Crippen molar-refractivity contribution >= 4 is 27.5 Å². The number of hydrogen-bond acceptors (Lipinski definition) is 2. The molecule has 1 rings (SSSR count). The zero-order chi connectivity index (χ0) is 10.0. The first-order chi connectivity index (χ1) is 6.06. The summed E-state index contributed by atoms with van der Waals surface area (Å²) in [5.74, 6) is 0. The number of nitrogens with zero attached hydrogens (tertiary/aromatic N) is 1. The molecule has 1 aromatic heterocycles. The fourth-order valence-corrected chi connectivity index (χ4v) is 1.45. The molecule has 0 saturated heterocycles. The average Bonchev–Trinajstić information content (AvgIpc) is 2.09. The van der Waals surface area contributed by atoms with Gasteiger partial charge in [0.15, 0.2) is 0 Å². The third-order valence-corrected chi connectivity index (χ3v) is 2.59. The number of aliphatic hydroxyl groups is 1. The van der Waals surface area contributed by atoms with Gasteiger partial charge < -0.3 is 5.11 Å². The van der Waals surface area contributed by atoms with E-state index in [1.807, 2.05) is 0 Å². The third kappa shape index (κ3) is 2.36. The Morgan fingerprint density at radius 2 is 2.23 bits per heavy atom. The molecule has 13 heavy (non-hydrogen) atoms. The summed E-state index contributed by atoms with van der Waals surface area (Å²) in [7, 11) is 0. The Hall–Kier alpha value is -0.260. The second-order valence-electron chi connectivity index (χ2n) is 2.27. The van der Waals surface area contributed by atoms with Gasteiger partial charge in [-0.1, -0.05) is 11.6 Å². The Balaban J connectivity index is 3.25. The summed E-state index contributed by atoms with van der Waals surface area (Å²) in [4.78, 5) is 3.74. The van der Waals surface area contributed by atoms with Crippen molar-refractivity contribution < 1.29 is 13.9 Å². The van der Waals surface area contributed by atoms with Crippen LogP contribution in [-0.2, 0) is 6.61 Å². The highest BCUT2D eigenvalue weighted by molar-refractivity contribution is 9.10. The Labute approximate surface area is 86.7 Å². The van der Waals surface area contributed by atoms with E-state index in [1.165, 1.54) is 0 Å². The normalized spacial score (nSPS) is 10.9. The van der Waals surface area contributed by atoms with E-state index >= 15 is 0 Å². The van der Waals surface area contributed by atoms with Crippen LogP contribution in [0.2, 0.25) is 5.02 Å². The van der Waals surface area contributed by atoms with Crippen LogP contribution in [0.15, 0.2) is 10.7 Å². The Morgan fingerprint density at radius 1 is 1.62 bits per heavy atom. The van der Waals surface area contributed by atoms with Crippen molar-refractivity contribution in [3.8, 4) is 0 Å². The van der Waals surface area contributed by atoms with Gasteiger partial charge in [0, 0.05) is 5.56 Å². The molecule has 0 aliphatic rings. The predicted molar refractivity (Wildman–Crippen MR) is 47.8 cm³/mol. The number of rotatable bonds is 2. The lowest BCUT2D eigenvalue weighted by Crippen LogP contribution is -1.96. The van der Waals surface area contributed by atoms with E-state index in [2.05, 4.69) is 20.9 Å². The average molecular weight is 272 g/mol. The van der Waals surface area contributed by atoms with Crippen LogP contribution in [0.25, 0.3) is 0 Å². The first-order valence-corrected chi connectivity index (χ1v) is 4.47. The lowest BCUT2D eigenvalue weighted by molar-refractivity contribution is 0.151. The van der Waals surface area contributed by atoms with Gasteiger partial charge in [-0.05, 0) is 22.0 Å². The van der Waals surface area contributed by atoms with E-state index in [1.54, 1.807) is 0 Å². The Bertz CT molecular complexity index is 322. The van der Waals surface area contributed by atoms with Gasteiger partial charge in [0.05, 0.1) is 17.3 Å². The number of halogens is 4. The molecule has 1 N–H and O–H groups in total. The van der Waals surface area contributed by atoms with Crippen LogP contribution in [0.3, 0.4) is 0 Å². The highest BCUT2D eigenvalue weighted by Crippen LogP contribution is 2.32. The minimum atomic E-state index is -2.67. The largest absolute Gasteiger partial charge is 0.390 e. The van der Waals surface area contributed by atoms with Gasteiger partial charge in [-0.25, -0.2) is 13.8 Å². The van der Waals surface area contributed by atoms with Crippen LogP contribution < -0.4 is 0 Å². The topological polar surface area (TPSA) is 33.1 Å². The van der Waals surface area contributed by atoms with Gasteiger partial charge >= 0.3 is 0 Å². The molecule has 0 spiro atoms. The lowest BCUT2D eigenvalue weighted by Gasteiger charge is -2.06. The molecular formula is C7H5BrClF2NO. The van der Waals surface area contributed by atoms with E-state index in [-0.39, 0.29) is 20.9 Å². The summed E-state index contributed by atoms with van der Waals surface area (Å²) in [6, 6.07) is 1.08. The predicted octanol–water partition coefficient (Wildman–Crippen LogP) is 2.93. The minimum absolute atomic E-state index is 0.118. The second kappa shape index (κ2) is 4.30. The molecular weight excluding hydrogens is 267 g/mol. The van der Waals surface area contributed by atoms with Gasteiger partial charge in [-0.2, -0.15) is 0 Å². The van der Waals surface area contributed by atoms with Gasteiger partial charge in [-0.15, -0.1) is 0 Å². The van der Waals surface area contributed by atoms with E-state index in [0.717, 1.165) is 6.07 Å². The molecule has 6 heteroatoms. The fourth-order valence-electron chi connectivity index (χ4n) is 0.809. The van der Waals surface area contributed by atoms with Crippen molar-refractivity contribution in [2.24, 2.45) is 0 Å². The molecule has 2 nitrogen and oxygen atoms in total. The summed E-state index contributed by atoms with van der Waals surface area (Å²) >= 11 is 8.46. The van der Waals surface area contributed by atoms with E-state index in [0.29, 0.717) is 0 Å². The number of hydrogen-bond donors (Lipinski definition) is 1. The number of aliphatic hydroxyl groups excluding tert-OH is 1. The summed E-state index contributed by atoms with van der Waals surface area (Å²) in [6.45, 7) is -0.393. The molecule has 0 atom stereocenters. The van der Waals surface area contributed by atoms with E-state index in [9.17, 15) is 8.78 Å². The van der Waals surface area contributed by atoms with Crippen molar-refractivity contribution in [2.45, 2.75) is 13.0 Å². The van der Waals surface area contributed by atoms with Crippen LogP contribution >= 0.6 is 27.5 Å². The number of alkyl halides is 2. The van der Waals surface area contributed by atoms with Crippen molar-refractivity contribution in [2.75, 3.05) is 0 Å². The summed E-state index contributed by atoms with van der Waals surface area (Å²) < 4.78 is 24.7. The molecule has 0 bridgehead atoms. The zero-order valence-electron chi connectivity index (χ0n) is 6.27. The van der Waals surface area contributed by atoms with E-state index in [4.69, 9.17) is 16.7 Å². The van der Waals surface area contributed by atoms with Crippen LogP contribution in [0.4, 0.5) is 8.78 Å². The molecule has 0 fully saturated rings. The molecule has 1 aromatic rings. The molecule has 0 amide bonds. The fraction of sp³-hybridized carbons (Fsp3) is 0.286. The Morgan fingerprint density at radius 3 is 2.69 bits per heavy atom. The van der Waals surface area contributed by atoms with Crippen molar-refractivity contribution in [3.63, 3.8) is 0 Å². The maximum atomic E-state index is 12.3. The van der Waals surface area contributed by atoms with Gasteiger partial charge in [0.2, 0.25) is 0 Å². The summed E-state index contributed by atoms with van der Waals surface area (Å²) in [6.07, 6.45) is -2.67. The molecule has 0 saturated carbocycles. The van der Waals surface area contributed by atoms with Crippen LogP contribution in [0.5, 0.6) is 0 Å². The highest BCUT2D eigenvalue weighted by Gasteiger charge is 2.16. The van der Waals surface area contributed by atoms with Crippen molar-refractivity contribution in [1.82, 2.24) is 4.98 Å². The van der Waals surface area contributed by atoms with Crippen LogP contribution in [0.1, 0.15) is 17.7 Å². The second-order valence-corrected chi connectivity index (χ2v) is 3.40. The smallest absolute Gasteiger partial charge is 0.265 e. The summed E-state index contributed by atoms with van der Waals surface area (Å²) in [5.41, 5.74) is -0.167. The van der Waals surface area contributed by atoms with Gasteiger partial charge in [0.1, 0.15) is 4.60 Å². The number of pyridine rings is 1. The molecule has 0 aliphatic heterocycles. The minimum Gasteiger partial charge on any atom is -0.390 e. The lowest BCUT2D eigenvalue weighted by atomic mass is 10.2. The number of aromatic nitrogens is 1. The monoisotopic (exact) mass is 271 g/mol. The molecule has 72 valence electrons. The first kappa shape index (κ1) is 10.8. The molecule has 0 aromatic carbocycles. The van der Waals surface area contributed by atoms with E-state index < -0.39 is 13.0 Å². The van der Waals surface area contributed by atoms with Gasteiger partial charge in [0.25, 0.3) is 6.43 Å². The summed E-state index contributed by atoms with van der Waals surface area (Å²) in [5, 5.41) is 8.57. The third-order valence-electron chi connectivity index (χ3n) is 1.40. The molecule has 0 aliphatic carbocycles.